The molecule has 27 heavy (non-hydrogen) atoms. The molecule has 2 aliphatic heterocycles. The van der Waals surface area contributed by atoms with Crippen LogP contribution in [0.4, 0.5) is 5.69 Å². The molecule has 4 rings (SSSR count). The fourth-order valence-electron chi connectivity index (χ4n) is 3.64. The van der Waals surface area contributed by atoms with E-state index >= 15 is 0 Å². The van der Waals surface area contributed by atoms with E-state index < -0.39 is 6.04 Å². The molecule has 2 aromatic rings. The zero-order valence-electron chi connectivity index (χ0n) is 14.9. The van der Waals surface area contributed by atoms with E-state index in [-0.39, 0.29) is 24.2 Å². The van der Waals surface area contributed by atoms with Crippen molar-refractivity contribution in [1.82, 2.24) is 20.4 Å². The monoisotopic (exact) mass is 409 g/mol. The summed E-state index contributed by atoms with van der Waals surface area (Å²) in [6.45, 7) is 2.02. The summed E-state index contributed by atoms with van der Waals surface area (Å²) >= 11 is 6.22. The highest BCUT2D eigenvalue weighted by molar-refractivity contribution is 6.34. The number of H-pyrrole nitrogens is 1. The summed E-state index contributed by atoms with van der Waals surface area (Å²) in [4.78, 5) is 29.0. The highest BCUT2D eigenvalue weighted by Crippen LogP contribution is 2.30. The van der Waals surface area contributed by atoms with Gasteiger partial charge in [-0.2, -0.15) is 5.10 Å². The Morgan fingerprint density at radius 3 is 2.93 bits per heavy atom. The topological polar surface area (TPSA) is 81.3 Å². The average molecular weight is 410 g/mol. The third kappa shape index (κ3) is 3.42. The van der Waals surface area contributed by atoms with Gasteiger partial charge in [0, 0.05) is 44.4 Å². The van der Waals surface area contributed by atoms with Crippen LogP contribution in [-0.4, -0.2) is 53.1 Å². The van der Waals surface area contributed by atoms with Crippen molar-refractivity contribution >= 4 is 41.5 Å². The number of fused-ring (bicyclic) bond motifs is 1. The molecule has 0 radical (unpaired) electrons. The summed E-state index contributed by atoms with van der Waals surface area (Å²) in [6, 6.07) is 6.74. The SMILES string of the molecule is CN(C(=O)c1n[nH]c2c1CNCC2)C1CCN(c2ccccc2Cl)C1=O.Cl. The lowest BCUT2D eigenvalue weighted by Gasteiger charge is -2.24. The van der Waals surface area contributed by atoms with Gasteiger partial charge in [0.25, 0.3) is 5.91 Å². The Hall–Kier alpha value is -2.09. The Morgan fingerprint density at radius 1 is 1.37 bits per heavy atom. The predicted molar refractivity (Wildman–Crippen MR) is 106 cm³/mol. The van der Waals surface area contributed by atoms with Crippen molar-refractivity contribution in [2.45, 2.75) is 25.4 Å². The van der Waals surface area contributed by atoms with Gasteiger partial charge in [-0.3, -0.25) is 14.7 Å². The third-order valence-corrected chi connectivity index (χ3v) is 5.44. The molecule has 1 fully saturated rings. The second-order valence-electron chi connectivity index (χ2n) is 6.62. The van der Waals surface area contributed by atoms with E-state index in [0.29, 0.717) is 35.9 Å². The molecule has 1 aromatic carbocycles. The van der Waals surface area contributed by atoms with Crippen LogP contribution in [0.2, 0.25) is 5.02 Å². The normalized spacial score (nSPS) is 18.8. The zero-order chi connectivity index (χ0) is 18.3. The fourth-order valence-corrected chi connectivity index (χ4v) is 3.88. The van der Waals surface area contributed by atoms with Gasteiger partial charge in [-0.25, -0.2) is 0 Å². The first kappa shape index (κ1) is 19.7. The standard InChI is InChI=1S/C18H20ClN5O2.ClH/c1-23(18(26)16-11-10-20-8-6-13(11)21-22-16)15-7-9-24(17(15)25)14-5-3-2-4-12(14)19;/h2-5,15,20H,6-10H2,1H3,(H,21,22);1H. The maximum atomic E-state index is 12.9. The molecule has 0 saturated carbocycles. The number of nitrogens with one attached hydrogen (secondary N) is 2. The van der Waals surface area contributed by atoms with E-state index in [9.17, 15) is 9.59 Å². The van der Waals surface area contributed by atoms with Crippen LogP contribution in [0.25, 0.3) is 0 Å². The van der Waals surface area contributed by atoms with Gasteiger partial charge in [0.15, 0.2) is 5.69 Å². The van der Waals surface area contributed by atoms with Gasteiger partial charge in [0.05, 0.1) is 10.7 Å². The lowest BCUT2D eigenvalue weighted by atomic mass is 10.1. The Bertz CT molecular complexity index is 869. The molecule has 1 unspecified atom stereocenters. The highest BCUT2D eigenvalue weighted by Gasteiger charge is 2.39. The molecule has 144 valence electrons. The minimum absolute atomic E-state index is 0. The Morgan fingerprint density at radius 2 is 2.15 bits per heavy atom. The van der Waals surface area contributed by atoms with Crippen molar-refractivity contribution in [3.8, 4) is 0 Å². The molecular weight excluding hydrogens is 389 g/mol. The van der Waals surface area contributed by atoms with E-state index in [1.165, 1.54) is 4.90 Å². The minimum atomic E-state index is -0.511. The maximum Gasteiger partial charge on any atom is 0.275 e. The molecule has 9 heteroatoms. The fraction of sp³-hybridized carbons (Fsp3) is 0.389. The van der Waals surface area contributed by atoms with Crippen molar-refractivity contribution in [1.29, 1.82) is 0 Å². The van der Waals surface area contributed by atoms with Gasteiger partial charge < -0.3 is 15.1 Å². The van der Waals surface area contributed by atoms with Crippen molar-refractivity contribution in [3.63, 3.8) is 0 Å². The number of para-hydroxylation sites is 1. The molecule has 0 bridgehead atoms. The van der Waals surface area contributed by atoms with Crippen LogP contribution in [0, 0.1) is 0 Å². The third-order valence-electron chi connectivity index (χ3n) is 5.12. The number of aromatic nitrogens is 2. The van der Waals surface area contributed by atoms with Crippen molar-refractivity contribution < 1.29 is 9.59 Å². The summed E-state index contributed by atoms with van der Waals surface area (Å²) in [5.41, 5.74) is 2.99. The zero-order valence-corrected chi connectivity index (χ0v) is 16.4. The number of hydrogen-bond donors (Lipinski definition) is 2. The maximum absolute atomic E-state index is 12.9. The molecule has 0 aliphatic carbocycles. The first-order chi connectivity index (χ1) is 12.6. The molecule has 1 atom stereocenters. The molecule has 0 spiro atoms. The largest absolute Gasteiger partial charge is 0.328 e. The van der Waals surface area contributed by atoms with E-state index in [1.54, 1.807) is 18.0 Å². The minimum Gasteiger partial charge on any atom is -0.328 e. The van der Waals surface area contributed by atoms with Crippen LogP contribution in [0.1, 0.15) is 28.2 Å². The number of rotatable bonds is 3. The summed E-state index contributed by atoms with van der Waals surface area (Å²) in [6.07, 6.45) is 1.39. The smallest absolute Gasteiger partial charge is 0.275 e. The molecule has 1 aromatic heterocycles. The summed E-state index contributed by atoms with van der Waals surface area (Å²) < 4.78 is 0. The van der Waals surface area contributed by atoms with Crippen molar-refractivity contribution in [2.75, 3.05) is 25.0 Å². The molecule has 1 saturated heterocycles. The number of aromatic amines is 1. The Balaban J connectivity index is 0.00000210. The van der Waals surface area contributed by atoms with Crippen LogP contribution < -0.4 is 10.2 Å². The van der Waals surface area contributed by atoms with Crippen LogP contribution in [0.5, 0.6) is 0 Å². The lowest BCUT2D eigenvalue weighted by molar-refractivity contribution is -0.120. The van der Waals surface area contributed by atoms with Crippen LogP contribution >= 0.6 is 24.0 Å². The van der Waals surface area contributed by atoms with Crippen LogP contribution in [-0.2, 0) is 17.8 Å². The molecule has 2 aliphatic rings. The Kier molecular flexibility index (Phi) is 5.74. The van der Waals surface area contributed by atoms with E-state index in [4.69, 9.17) is 11.6 Å². The average Bonchev–Trinajstić information content (AvgIpc) is 3.25. The number of carbonyl (C=O) groups excluding carboxylic acids is 2. The second-order valence-corrected chi connectivity index (χ2v) is 7.03. The number of nitrogens with zero attached hydrogens (tertiary/aromatic N) is 3. The molecule has 2 amide bonds. The number of hydrogen-bond acceptors (Lipinski definition) is 4. The quantitative estimate of drug-likeness (QED) is 0.811. The lowest BCUT2D eigenvalue weighted by Crippen LogP contribution is -2.43. The van der Waals surface area contributed by atoms with E-state index in [1.807, 2.05) is 18.2 Å². The van der Waals surface area contributed by atoms with Crippen molar-refractivity contribution in [2.24, 2.45) is 0 Å². The molecule has 2 N–H and O–H groups in total. The first-order valence-electron chi connectivity index (χ1n) is 8.68. The summed E-state index contributed by atoms with van der Waals surface area (Å²) in [5.74, 6) is -0.345. The van der Waals surface area contributed by atoms with Crippen LogP contribution in [0.3, 0.4) is 0 Å². The highest BCUT2D eigenvalue weighted by atomic mass is 35.5. The van der Waals surface area contributed by atoms with Crippen molar-refractivity contribution in [3.05, 3.63) is 46.2 Å². The van der Waals surface area contributed by atoms with Gasteiger partial charge in [-0.05, 0) is 18.6 Å². The van der Waals surface area contributed by atoms with Gasteiger partial charge in [-0.1, -0.05) is 23.7 Å². The summed E-state index contributed by atoms with van der Waals surface area (Å²) in [7, 11) is 1.67. The van der Waals surface area contributed by atoms with Gasteiger partial charge in [-0.15, -0.1) is 12.4 Å². The molecule has 3 heterocycles. The van der Waals surface area contributed by atoms with E-state index in [2.05, 4.69) is 15.5 Å². The number of amides is 2. The second kappa shape index (κ2) is 7.88. The van der Waals surface area contributed by atoms with Crippen LogP contribution in [0.15, 0.2) is 24.3 Å². The predicted octanol–water partition coefficient (Wildman–Crippen LogP) is 2.01. The van der Waals surface area contributed by atoms with E-state index in [0.717, 1.165) is 24.2 Å². The first-order valence-corrected chi connectivity index (χ1v) is 9.05. The number of anilines is 1. The van der Waals surface area contributed by atoms with Gasteiger partial charge in [0.2, 0.25) is 5.91 Å². The number of halogens is 2. The number of carbonyl (C=O) groups is 2. The number of likely N-dealkylation sites (N-methyl/N-ethyl adjacent to an activating group) is 1. The Labute approximate surface area is 168 Å². The number of benzene rings is 1. The van der Waals surface area contributed by atoms with Gasteiger partial charge >= 0.3 is 0 Å². The molecular formula is C18H21Cl2N5O2. The summed E-state index contributed by atoms with van der Waals surface area (Å²) in [5, 5.41) is 10.9. The molecule has 7 nitrogen and oxygen atoms in total. The van der Waals surface area contributed by atoms with Gasteiger partial charge in [0.1, 0.15) is 6.04 Å².